The van der Waals surface area contributed by atoms with Crippen LogP contribution in [-0.2, 0) is 4.79 Å². The van der Waals surface area contributed by atoms with Crippen LogP contribution in [0.25, 0.3) is 0 Å². The number of piperazine rings is 1. The Morgan fingerprint density at radius 3 is 1.95 bits per heavy atom. The van der Waals surface area contributed by atoms with Crippen molar-refractivity contribution >= 4 is 23.2 Å². The van der Waals surface area contributed by atoms with Gasteiger partial charge in [-0.3, -0.25) is 9.59 Å². The third-order valence-electron chi connectivity index (χ3n) is 7.13. The van der Waals surface area contributed by atoms with Gasteiger partial charge in [-0.1, -0.05) is 48.5 Å². The van der Waals surface area contributed by atoms with E-state index in [2.05, 4.69) is 10.2 Å². The summed E-state index contributed by atoms with van der Waals surface area (Å²) in [6, 6.07) is 28.9. The van der Waals surface area contributed by atoms with Gasteiger partial charge < -0.3 is 19.9 Å². The summed E-state index contributed by atoms with van der Waals surface area (Å²) in [5, 5.41) is 2.74. The van der Waals surface area contributed by atoms with Gasteiger partial charge in [-0.25, -0.2) is 4.39 Å². The molecule has 0 radical (unpaired) electrons. The minimum atomic E-state index is -0.554. The lowest BCUT2D eigenvalue weighted by atomic mass is 9.86. The number of fused-ring (bicyclic) bond motifs is 2. The van der Waals surface area contributed by atoms with Crippen molar-refractivity contribution in [2.75, 3.05) is 36.4 Å². The third kappa shape index (κ3) is 4.47. The topological polar surface area (TPSA) is 61.9 Å². The molecule has 0 unspecified atom stereocenters. The second-order valence-electron chi connectivity index (χ2n) is 9.40. The van der Waals surface area contributed by atoms with Crippen LogP contribution in [0.4, 0.5) is 15.8 Å². The van der Waals surface area contributed by atoms with Crippen molar-refractivity contribution in [1.29, 1.82) is 0 Å². The predicted molar refractivity (Wildman–Crippen MR) is 144 cm³/mol. The van der Waals surface area contributed by atoms with Gasteiger partial charge in [0.1, 0.15) is 17.3 Å². The number of carbonyl (C=O) groups excluding carboxylic acids is 2. The molecule has 0 aliphatic carbocycles. The van der Waals surface area contributed by atoms with Crippen LogP contribution in [0.15, 0.2) is 97.1 Å². The highest BCUT2D eigenvalue weighted by molar-refractivity contribution is 6.04. The number of halogens is 1. The molecule has 0 aromatic heterocycles. The van der Waals surface area contributed by atoms with Crippen molar-refractivity contribution in [3.63, 3.8) is 0 Å². The number of rotatable bonds is 4. The number of nitrogens with zero attached hydrogens (tertiary/aromatic N) is 2. The minimum Gasteiger partial charge on any atom is -0.457 e. The molecule has 4 aromatic carbocycles. The molecular weight excluding hydrogens is 481 g/mol. The number of amides is 2. The number of benzene rings is 4. The standard InChI is InChI=1S/C31H26FN3O3/c32-26-10-4-1-7-23(26)30(36)33-21-13-15-22(16-14-21)34-17-19-35(20-18-34)31(37)29-24-8-2-5-11-27(24)38-28-12-6-3-9-25(28)29/h1-16,29H,17-20H2,(H,33,36). The van der Waals surface area contributed by atoms with E-state index in [4.69, 9.17) is 4.74 Å². The molecule has 0 atom stereocenters. The average molecular weight is 508 g/mol. The fraction of sp³-hybridized carbons (Fsp3) is 0.161. The van der Waals surface area contributed by atoms with Gasteiger partial charge in [-0.05, 0) is 48.5 Å². The summed E-state index contributed by atoms with van der Waals surface area (Å²) in [5.41, 5.74) is 3.39. The number of anilines is 2. The Bertz CT molecular complexity index is 1450. The number of para-hydroxylation sites is 2. The fourth-order valence-electron chi connectivity index (χ4n) is 5.14. The van der Waals surface area contributed by atoms with E-state index >= 15 is 0 Å². The quantitative estimate of drug-likeness (QED) is 0.387. The maximum absolute atomic E-state index is 13.9. The first kappa shape index (κ1) is 23.7. The molecule has 7 heteroatoms. The third-order valence-corrected chi connectivity index (χ3v) is 7.13. The van der Waals surface area contributed by atoms with Crippen molar-refractivity contribution in [3.8, 4) is 11.5 Å². The molecule has 4 aromatic rings. The molecule has 1 fully saturated rings. The molecule has 6 nitrogen and oxygen atoms in total. The largest absolute Gasteiger partial charge is 0.457 e. The van der Waals surface area contributed by atoms with E-state index < -0.39 is 11.7 Å². The highest BCUT2D eigenvalue weighted by atomic mass is 19.1. The maximum atomic E-state index is 13.9. The molecule has 38 heavy (non-hydrogen) atoms. The lowest BCUT2D eigenvalue weighted by molar-refractivity contribution is -0.132. The SMILES string of the molecule is O=C(Nc1ccc(N2CCN(C(=O)C3c4ccccc4Oc4ccccc43)CC2)cc1)c1ccccc1F. The molecule has 0 bridgehead atoms. The van der Waals surface area contributed by atoms with Crippen LogP contribution in [-0.4, -0.2) is 42.9 Å². The summed E-state index contributed by atoms with van der Waals surface area (Å²) in [4.78, 5) is 30.3. The molecule has 0 spiro atoms. The summed E-state index contributed by atoms with van der Waals surface area (Å²) < 4.78 is 20.0. The first-order valence-electron chi connectivity index (χ1n) is 12.6. The van der Waals surface area contributed by atoms with E-state index in [1.165, 1.54) is 12.1 Å². The smallest absolute Gasteiger partial charge is 0.258 e. The van der Waals surface area contributed by atoms with Gasteiger partial charge in [0.05, 0.1) is 11.5 Å². The Labute approximate surface area is 220 Å². The lowest BCUT2D eigenvalue weighted by Crippen LogP contribution is -2.50. The Hall–Kier alpha value is -4.65. The van der Waals surface area contributed by atoms with Gasteiger partial charge >= 0.3 is 0 Å². The van der Waals surface area contributed by atoms with E-state index in [0.717, 1.165) is 28.3 Å². The van der Waals surface area contributed by atoms with Gasteiger partial charge in [0, 0.05) is 48.7 Å². The van der Waals surface area contributed by atoms with E-state index in [0.29, 0.717) is 31.9 Å². The van der Waals surface area contributed by atoms with Gasteiger partial charge in [-0.2, -0.15) is 0 Å². The summed E-state index contributed by atoms with van der Waals surface area (Å²) in [6.07, 6.45) is 0. The van der Waals surface area contributed by atoms with Crippen LogP contribution in [0.1, 0.15) is 27.4 Å². The predicted octanol–water partition coefficient (Wildman–Crippen LogP) is 5.66. The van der Waals surface area contributed by atoms with Gasteiger partial charge in [0.15, 0.2) is 0 Å². The zero-order chi connectivity index (χ0) is 26.1. The zero-order valence-corrected chi connectivity index (χ0v) is 20.6. The van der Waals surface area contributed by atoms with Crippen LogP contribution in [0, 0.1) is 5.82 Å². The number of hydrogen-bond acceptors (Lipinski definition) is 4. The first-order valence-corrected chi connectivity index (χ1v) is 12.6. The second-order valence-corrected chi connectivity index (χ2v) is 9.40. The Morgan fingerprint density at radius 1 is 0.737 bits per heavy atom. The number of hydrogen-bond donors (Lipinski definition) is 1. The van der Waals surface area contributed by atoms with Gasteiger partial charge in [0.2, 0.25) is 5.91 Å². The molecule has 1 saturated heterocycles. The Morgan fingerprint density at radius 2 is 1.32 bits per heavy atom. The van der Waals surface area contributed by atoms with Gasteiger partial charge in [0.25, 0.3) is 5.91 Å². The van der Waals surface area contributed by atoms with Crippen LogP contribution < -0.4 is 15.0 Å². The number of nitrogens with one attached hydrogen (secondary N) is 1. The summed E-state index contributed by atoms with van der Waals surface area (Å²) in [6.45, 7) is 2.59. The van der Waals surface area contributed by atoms with E-state index in [1.807, 2.05) is 77.7 Å². The Balaban J connectivity index is 1.12. The highest BCUT2D eigenvalue weighted by Gasteiger charge is 2.36. The molecule has 2 aliphatic heterocycles. The minimum absolute atomic E-state index is 0.00661. The molecule has 0 saturated carbocycles. The van der Waals surface area contributed by atoms with Crippen LogP contribution >= 0.6 is 0 Å². The van der Waals surface area contributed by atoms with E-state index in [9.17, 15) is 14.0 Å². The molecule has 1 N–H and O–H groups in total. The summed E-state index contributed by atoms with van der Waals surface area (Å²) in [7, 11) is 0. The summed E-state index contributed by atoms with van der Waals surface area (Å²) >= 11 is 0. The molecule has 2 amide bonds. The van der Waals surface area contributed by atoms with Crippen molar-refractivity contribution in [2.24, 2.45) is 0 Å². The highest BCUT2D eigenvalue weighted by Crippen LogP contribution is 2.44. The van der Waals surface area contributed by atoms with Crippen molar-refractivity contribution in [1.82, 2.24) is 4.90 Å². The molecule has 6 rings (SSSR count). The van der Waals surface area contributed by atoms with Crippen molar-refractivity contribution in [2.45, 2.75) is 5.92 Å². The lowest BCUT2D eigenvalue weighted by Gasteiger charge is -2.38. The second kappa shape index (κ2) is 10.0. The van der Waals surface area contributed by atoms with Crippen molar-refractivity contribution < 1.29 is 18.7 Å². The van der Waals surface area contributed by atoms with E-state index in [1.54, 1.807) is 12.1 Å². The summed E-state index contributed by atoms with van der Waals surface area (Å²) in [5.74, 6) is 0.107. The van der Waals surface area contributed by atoms with Crippen LogP contribution in [0.2, 0.25) is 0 Å². The maximum Gasteiger partial charge on any atom is 0.258 e. The van der Waals surface area contributed by atoms with Gasteiger partial charge in [-0.15, -0.1) is 0 Å². The molecular formula is C31H26FN3O3. The monoisotopic (exact) mass is 507 g/mol. The zero-order valence-electron chi connectivity index (χ0n) is 20.6. The van der Waals surface area contributed by atoms with Crippen LogP contribution in [0.5, 0.6) is 11.5 Å². The van der Waals surface area contributed by atoms with Crippen molar-refractivity contribution in [3.05, 3.63) is 120 Å². The van der Waals surface area contributed by atoms with E-state index in [-0.39, 0.29) is 17.4 Å². The number of ether oxygens (including phenoxy) is 1. The molecule has 190 valence electrons. The fourth-order valence-corrected chi connectivity index (χ4v) is 5.14. The number of carbonyl (C=O) groups is 2. The first-order chi connectivity index (χ1) is 18.6. The molecule has 2 aliphatic rings. The average Bonchev–Trinajstić information content (AvgIpc) is 2.96. The van der Waals surface area contributed by atoms with Crippen LogP contribution in [0.3, 0.4) is 0 Å². The Kier molecular flexibility index (Phi) is 6.25. The normalized spacial score (nSPS) is 14.8. The molecule has 2 heterocycles.